The number of benzene rings is 3. The molecule has 34 heavy (non-hydrogen) atoms. The lowest BCUT2D eigenvalue weighted by Gasteiger charge is -2.26. The van der Waals surface area contributed by atoms with Gasteiger partial charge in [0.2, 0.25) is 0 Å². The number of nitrogens with one attached hydrogen (secondary N) is 1. The molecule has 0 bridgehead atoms. The minimum Gasteiger partial charge on any atom is -0.487 e. The maximum absolute atomic E-state index is 13.3. The van der Waals surface area contributed by atoms with Crippen LogP contribution in [0.5, 0.6) is 5.75 Å². The summed E-state index contributed by atoms with van der Waals surface area (Å²) in [5.74, 6) is -1.65. The van der Waals surface area contributed by atoms with E-state index < -0.39 is 17.8 Å². The number of ether oxygens (including phenoxy) is 1. The molecule has 9 heteroatoms. The number of urea groups is 1. The molecule has 0 aliphatic carbocycles. The van der Waals surface area contributed by atoms with Gasteiger partial charge in [-0.3, -0.25) is 14.9 Å². The van der Waals surface area contributed by atoms with E-state index in [1.165, 1.54) is 30.3 Å². The summed E-state index contributed by atoms with van der Waals surface area (Å²) in [6.07, 6.45) is 1.33. The van der Waals surface area contributed by atoms with Crippen molar-refractivity contribution in [2.45, 2.75) is 13.5 Å². The van der Waals surface area contributed by atoms with Crippen molar-refractivity contribution in [2.75, 3.05) is 4.90 Å². The Morgan fingerprint density at radius 1 is 1.00 bits per heavy atom. The van der Waals surface area contributed by atoms with Crippen LogP contribution in [0.4, 0.5) is 14.9 Å². The summed E-state index contributed by atoms with van der Waals surface area (Å²) in [5.41, 5.74) is 1.83. The highest BCUT2D eigenvalue weighted by Gasteiger charge is 2.37. The van der Waals surface area contributed by atoms with E-state index in [0.717, 1.165) is 10.5 Å². The lowest BCUT2D eigenvalue weighted by atomic mass is 10.1. The first-order valence-electron chi connectivity index (χ1n) is 10.1. The van der Waals surface area contributed by atoms with E-state index in [1.54, 1.807) is 43.3 Å². The summed E-state index contributed by atoms with van der Waals surface area (Å²) in [5, 5.41) is 2.76. The van der Waals surface area contributed by atoms with Gasteiger partial charge in [-0.25, -0.2) is 14.1 Å². The number of amides is 4. The van der Waals surface area contributed by atoms with Gasteiger partial charge in [-0.1, -0.05) is 47.5 Å². The second-order valence-corrected chi connectivity index (χ2v) is 8.31. The molecule has 1 heterocycles. The smallest absolute Gasteiger partial charge is 0.335 e. The fraction of sp³-hybridized carbons (Fsp3) is 0.0800. The third-order valence-electron chi connectivity index (χ3n) is 5.07. The Hall–Kier alpha value is -3.68. The molecule has 3 aromatic rings. The summed E-state index contributed by atoms with van der Waals surface area (Å²) in [7, 11) is 0. The number of rotatable bonds is 5. The monoisotopic (exact) mass is 498 g/mol. The third kappa shape index (κ3) is 4.95. The molecule has 4 amide bonds. The third-order valence-corrected chi connectivity index (χ3v) is 5.77. The Labute approximate surface area is 204 Å². The topological polar surface area (TPSA) is 75.7 Å². The molecule has 1 aliphatic rings. The molecule has 0 radical (unpaired) electrons. The summed E-state index contributed by atoms with van der Waals surface area (Å²) < 4.78 is 19.0. The Morgan fingerprint density at radius 3 is 2.50 bits per heavy atom. The van der Waals surface area contributed by atoms with Gasteiger partial charge in [-0.05, 0) is 66.1 Å². The highest BCUT2D eigenvalue weighted by atomic mass is 35.5. The van der Waals surface area contributed by atoms with Crippen molar-refractivity contribution in [3.63, 3.8) is 0 Å². The van der Waals surface area contributed by atoms with E-state index in [9.17, 15) is 18.8 Å². The van der Waals surface area contributed by atoms with Crippen LogP contribution in [0.3, 0.4) is 0 Å². The molecule has 0 atom stereocenters. The molecule has 1 N–H and O–H groups in total. The van der Waals surface area contributed by atoms with Gasteiger partial charge in [0.15, 0.2) is 0 Å². The molecular formula is C25H17Cl2FN2O4. The predicted molar refractivity (Wildman–Crippen MR) is 127 cm³/mol. The van der Waals surface area contributed by atoms with E-state index in [1.807, 2.05) is 0 Å². The first kappa shape index (κ1) is 23.5. The molecule has 0 aromatic heterocycles. The lowest BCUT2D eigenvalue weighted by molar-refractivity contribution is -0.122. The molecule has 3 aromatic carbocycles. The molecule has 0 unspecified atom stereocenters. The zero-order chi connectivity index (χ0) is 24.4. The quantitative estimate of drug-likeness (QED) is 0.362. The summed E-state index contributed by atoms with van der Waals surface area (Å²) in [6.45, 7) is 1.89. The largest absolute Gasteiger partial charge is 0.487 e. The van der Waals surface area contributed by atoms with E-state index in [2.05, 4.69) is 5.32 Å². The van der Waals surface area contributed by atoms with Gasteiger partial charge in [0.25, 0.3) is 11.8 Å². The Balaban J connectivity index is 1.57. The summed E-state index contributed by atoms with van der Waals surface area (Å²) >= 11 is 12.4. The van der Waals surface area contributed by atoms with Crippen LogP contribution in [-0.4, -0.2) is 17.8 Å². The predicted octanol–water partition coefficient (Wildman–Crippen LogP) is 5.69. The second-order valence-electron chi connectivity index (χ2n) is 7.50. The zero-order valence-corrected chi connectivity index (χ0v) is 19.3. The highest BCUT2D eigenvalue weighted by Crippen LogP contribution is 2.29. The number of anilines is 1. The number of hydrogen-bond acceptors (Lipinski definition) is 4. The van der Waals surface area contributed by atoms with E-state index >= 15 is 0 Å². The van der Waals surface area contributed by atoms with Crippen LogP contribution >= 0.6 is 23.2 Å². The number of halogens is 3. The number of carbonyl (C=O) groups is 3. The summed E-state index contributed by atoms with van der Waals surface area (Å²) in [6, 6.07) is 14.5. The first-order chi connectivity index (χ1) is 16.2. The van der Waals surface area contributed by atoms with Crippen LogP contribution in [0.2, 0.25) is 10.0 Å². The normalized spacial score (nSPS) is 15.0. The minimum atomic E-state index is -0.869. The molecule has 0 spiro atoms. The molecule has 172 valence electrons. The maximum atomic E-state index is 13.3. The number of carbonyl (C=O) groups excluding carboxylic acids is 3. The van der Waals surface area contributed by atoms with E-state index in [0.29, 0.717) is 21.9 Å². The van der Waals surface area contributed by atoms with Crippen LogP contribution in [0.1, 0.15) is 16.7 Å². The van der Waals surface area contributed by atoms with E-state index in [4.69, 9.17) is 27.9 Å². The average Bonchev–Trinajstić information content (AvgIpc) is 2.78. The number of barbiturate groups is 1. The van der Waals surface area contributed by atoms with Crippen molar-refractivity contribution in [1.82, 2.24) is 5.32 Å². The van der Waals surface area contributed by atoms with Crippen LogP contribution in [-0.2, 0) is 16.2 Å². The number of hydrogen-bond donors (Lipinski definition) is 1. The van der Waals surface area contributed by atoms with Crippen LogP contribution in [0.25, 0.3) is 6.08 Å². The zero-order valence-electron chi connectivity index (χ0n) is 17.8. The van der Waals surface area contributed by atoms with E-state index in [-0.39, 0.29) is 28.7 Å². The number of nitrogens with zero attached hydrogens (tertiary/aromatic N) is 1. The van der Waals surface area contributed by atoms with Crippen LogP contribution in [0, 0.1) is 12.7 Å². The van der Waals surface area contributed by atoms with Crippen molar-refractivity contribution in [1.29, 1.82) is 0 Å². The Kier molecular flexibility index (Phi) is 6.68. The highest BCUT2D eigenvalue weighted by molar-refractivity contribution is 6.39. The lowest BCUT2D eigenvalue weighted by Crippen LogP contribution is -2.54. The Bertz CT molecular complexity index is 1360. The molecule has 1 saturated heterocycles. The maximum Gasteiger partial charge on any atom is 0.335 e. The van der Waals surface area contributed by atoms with Crippen LogP contribution < -0.4 is 15.0 Å². The minimum absolute atomic E-state index is 0.106. The molecule has 1 fully saturated rings. The van der Waals surface area contributed by atoms with Gasteiger partial charge in [0.1, 0.15) is 23.7 Å². The van der Waals surface area contributed by atoms with Crippen molar-refractivity contribution in [3.05, 3.63) is 98.8 Å². The summed E-state index contributed by atoms with van der Waals surface area (Å²) in [4.78, 5) is 38.6. The first-order valence-corrected chi connectivity index (χ1v) is 10.8. The van der Waals surface area contributed by atoms with Crippen molar-refractivity contribution in [3.8, 4) is 5.75 Å². The SMILES string of the molecule is Cc1ccc(N2C(=O)NC(=O)/C(=C\c3ccc(OCc4cccc(F)c4)c(Cl)c3)C2=O)cc1Cl. The molecule has 4 rings (SSSR count). The fourth-order valence-electron chi connectivity index (χ4n) is 3.29. The number of imide groups is 2. The van der Waals surface area contributed by atoms with Gasteiger partial charge >= 0.3 is 6.03 Å². The molecule has 0 saturated carbocycles. The van der Waals surface area contributed by atoms with Crippen LogP contribution in [0.15, 0.2) is 66.2 Å². The fourth-order valence-corrected chi connectivity index (χ4v) is 3.71. The number of aryl methyl sites for hydroxylation is 1. The standard InChI is InChI=1S/C25H17Cl2FN2O4/c1-14-5-7-18(12-20(14)26)30-24(32)19(23(31)29-25(30)33)10-15-6-8-22(21(27)11-15)34-13-16-3-2-4-17(28)9-16/h2-12H,13H2,1H3,(H,29,31,33)/b19-10+. The molecule has 1 aliphatic heterocycles. The average molecular weight is 499 g/mol. The van der Waals surface area contributed by atoms with Crippen molar-refractivity contribution < 1.29 is 23.5 Å². The van der Waals surface area contributed by atoms with Gasteiger partial charge in [0, 0.05) is 5.02 Å². The second kappa shape index (κ2) is 9.67. The van der Waals surface area contributed by atoms with Gasteiger partial charge < -0.3 is 4.74 Å². The van der Waals surface area contributed by atoms with Gasteiger partial charge in [-0.2, -0.15) is 0 Å². The van der Waals surface area contributed by atoms with Crippen molar-refractivity contribution >= 4 is 52.8 Å². The van der Waals surface area contributed by atoms with Gasteiger partial charge in [-0.15, -0.1) is 0 Å². The van der Waals surface area contributed by atoms with Gasteiger partial charge in [0.05, 0.1) is 10.7 Å². The van der Waals surface area contributed by atoms with Crippen molar-refractivity contribution in [2.24, 2.45) is 0 Å². The molecular weight excluding hydrogens is 482 g/mol. The Morgan fingerprint density at radius 2 is 1.79 bits per heavy atom. The molecule has 6 nitrogen and oxygen atoms in total.